The van der Waals surface area contributed by atoms with Gasteiger partial charge in [-0.05, 0) is 6.07 Å². The molecular formula is C9H4ClF5N2. The Kier molecular flexibility index (Phi) is 3.88. The molecule has 17 heavy (non-hydrogen) atoms. The van der Waals surface area contributed by atoms with Gasteiger partial charge in [0.25, 0.3) is 6.43 Å². The third kappa shape index (κ3) is 2.82. The van der Waals surface area contributed by atoms with Gasteiger partial charge >= 0.3 is 6.18 Å². The Morgan fingerprint density at radius 1 is 1.41 bits per heavy atom. The van der Waals surface area contributed by atoms with E-state index < -0.39 is 35.3 Å². The molecule has 0 radical (unpaired) electrons. The smallest absolute Gasteiger partial charge is 0.249 e. The van der Waals surface area contributed by atoms with Crippen molar-refractivity contribution in [2.24, 2.45) is 0 Å². The molecule has 0 aliphatic carbocycles. The highest BCUT2D eigenvalue weighted by Crippen LogP contribution is 2.35. The minimum Gasteiger partial charge on any atom is -0.249 e. The molecule has 0 amide bonds. The van der Waals surface area contributed by atoms with Gasteiger partial charge in [-0.25, -0.2) is 13.8 Å². The summed E-state index contributed by atoms with van der Waals surface area (Å²) in [6.45, 7) is 0. The highest BCUT2D eigenvalue weighted by Gasteiger charge is 2.37. The predicted molar refractivity (Wildman–Crippen MR) is 48.5 cm³/mol. The average Bonchev–Trinajstić information content (AvgIpc) is 2.25. The molecule has 0 bridgehead atoms. The Morgan fingerprint density at radius 3 is 2.35 bits per heavy atom. The first-order valence-electron chi connectivity index (χ1n) is 4.16. The van der Waals surface area contributed by atoms with Gasteiger partial charge in [0, 0.05) is 0 Å². The van der Waals surface area contributed by atoms with Crippen LogP contribution in [-0.2, 0) is 12.1 Å². The van der Waals surface area contributed by atoms with Gasteiger partial charge < -0.3 is 0 Å². The first-order chi connectivity index (χ1) is 7.81. The van der Waals surface area contributed by atoms with E-state index in [9.17, 15) is 22.0 Å². The largest absolute Gasteiger partial charge is 0.417 e. The molecule has 1 heterocycles. The molecule has 0 saturated heterocycles. The van der Waals surface area contributed by atoms with Crippen molar-refractivity contribution in [3.63, 3.8) is 0 Å². The van der Waals surface area contributed by atoms with Crippen molar-refractivity contribution in [3.05, 3.63) is 28.6 Å². The summed E-state index contributed by atoms with van der Waals surface area (Å²) < 4.78 is 62.5. The number of hydrogen-bond donors (Lipinski definition) is 0. The summed E-state index contributed by atoms with van der Waals surface area (Å²) in [4.78, 5) is 3.23. The van der Waals surface area contributed by atoms with Crippen molar-refractivity contribution in [2.75, 3.05) is 0 Å². The lowest BCUT2D eigenvalue weighted by Crippen LogP contribution is -2.13. The maximum Gasteiger partial charge on any atom is 0.417 e. The Hall–Kier alpha value is -1.42. The molecule has 0 atom stereocenters. The SMILES string of the molecule is N#Cc1c(C(F)(F)F)cc(CCl)nc1C(F)F. The second-order valence-electron chi connectivity index (χ2n) is 2.97. The van der Waals surface area contributed by atoms with Gasteiger partial charge in [-0.1, -0.05) is 0 Å². The van der Waals surface area contributed by atoms with Crippen molar-refractivity contribution in [1.82, 2.24) is 4.98 Å². The van der Waals surface area contributed by atoms with Gasteiger partial charge in [0.1, 0.15) is 11.8 Å². The molecule has 0 saturated carbocycles. The van der Waals surface area contributed by atoms with Crippen LogP contribution < -0.4 is 0 Å². The minimum atomic E-state index is -4.90. The number of alkyl halides is 6. The second kappa shape index (κ2) is 4.84. The van der Waals surface area contributed by atoms with Gasteiger partial charge in [0.2, 0.25) is 0 Å². The summed E-state index contributed by atoms with van der Waals surface area (Å²) in [6, 6.07) is 1.60. The fourth-order valence-electron chi connectivity index (χ4n) is 1.19. The molecule has 0 aromatic carbocycles. The number of rotatable bonds is 2. The number of pyridine rings is 1. The second-order valence-corrected chi connectivity index (χ2v) is 3.23. The highest BCUT2D eigenvalue weighted by atomic mass is 35.5. The molecule has 1 rings (SSSR count). The lowest BCUT2D eigenvalue weighted by Gasteiger charge is -2.12. The maximum absolute atomic E-state index is 12.5. The summed E-state index contributed by atoms with van der Waals surface area (Å²) in [7, 11) is 0. The summed E-state index contributed by atoms with van der Waals surface area (Å²) >= 11 is 5.26. The average molecular weight is 271 g/mol. The maximum atomic E-state index is 12.5. The summed E-state index contributed by atoms with van der Waals surface area (Å²) in [5.41, 5.74) is -4.16. The molecule has 1 aromatic heterocycles. The van der Waals surface area contributed by atoms with Crippen LogP contribution in [-0.4, -0.2) is 4.98 Å². The van der Waals surface area contributed by atoms with Crippen molar-refractivity contribution >= 4 is 11.6 Å². The third-order valence-corrected chi connectivity index (χ3v) is 2.14. The fourth-order valence-corrected chi connectivity index (χ4v) is 1.32. The molecule has 0 aliphatic heterocycles. The van der Waals surface area contributed by atoms with Crippen molar-refractivity contribution in [2.45, 2.75) is 18.5 Å². The monoisotopic (exact) mass is 270 g/mol. The van der Waals surface area contributed by atoms with Crippen LogP contribution in [0.5, 0.6) is 0 Å². The topological polar surface area (TPSA) is 36.7 Å². The Balaban J connectivity index is 3.58. The van der Waals surface area contributed by atoms with E-state index in [0.29, 0.717) is 6.07 Å². The van der Waals surface area contributed by atoms with E-state index in [4.69, 9.17) is 16.9 Å². The van der Waals surface area contributed by atoms with Gasteiger partial charge in [0.15, 0.2) is 0 Å². The van der Waals surface area contributed by atoms with Crippen LogP contribution in [0.3, 0.4) is 0 Å². The van der Waals surface area contributed by atoms with Crippen LogP contribution in [0, 0.1) is 11.3 Å². The summed E-state index contributed by atoms with van der Waals surface area (Å²) in [5, 5.41) is 8.52. The normalized spacial score (nSPS) is 11.6. The van der Waals surface area contributed by atoms with E-state index in [2.05, 4.69) is 4.98 Å². The van der Waals surface area contributed by atoms with Crippen LogP contribution in [0.2, 0.25) is 0 Å². The zero-order valence-corrected chi connectivity index (χ0v) is 8.78. The molecular weight excluding hydrogens is 267 g/mol. The molecule has 0 unspecified atom stereocenters. The van der Waals surface area contributed by atoms with Gasteiger partial charge in [-0.2, -0.15) is 18.4 Å². The standard InChI is InChI=1S/C9H4ClF5N2/c10-2-4-1-6(9(13,14)15)5(3-16)7(17-4)8(11)12/h1,8H,2H2. The lowest BCUT2D eigenvalue weighted by atomic mass is 10.1. The Morgan fingerprint density at radius 2 is 2.00 bits per heavy atom. The highest BCUT2D eigenvalue weighted by molar-refractivity contribution is 6.16. The van der Waals surface area contributed by atoms with Crippen molar-refractivity contribution in [1.29, 1.82) is 5.26 Å². The van der Waals surface area contributed by atoms with Gasteiger partial charge in [-0.3, -0.25) is 0 Å². The van der Waals surface area contributed by atoms with Crippen LogP contribution >= 0.6 is 11.6 Å². The van der Waals surface area contributed by atoms with E-state index in [1.165, 1.54) is 0 Å². The summed E-state index contributed by atoms with van der Waals surface area (Å²) in [5.74, 6) is -0.450. The van der Waals surface area contributed by atoms with Crippen LogP contribution in [0.1, 0.15) is 28.9 Å². The summed E-state index contributed by atoms with van der Waals surface area (Å²) in [6.07, 6.45) is -8.17. The van der Waals surface area contributed by atoms with Gasteiger partial charge in [0.05, 0.1) is 22.7 Å². The van der Waals surface area contributed by atoms with Crippen LogP contribution in [0.25, 0.3) is 0 Å². The molecule has 92 valence electrons. The van der Waals surface area contributed by atoms with E-state index >= 15 is 0 Å². The lowest BCUT2D eigenvalue weighted by molar-refractivity contribution is -0.138. The number of aromatic nitrogens is 1. The predicted octanol–water partition coefficient (Wildman–Crippen LogP) is 3.65. The Labute approximate surface area is 97.6 Å². The zero-order valence-electron chi connectivity index (χ0n) is 8.02. The van der Waals surface area contributed by atoms with E-state index in [1.54, 1.807) is 0 Å². The van der Waals surface area contributed by atoms with E-state index in [-0.39, 0.29) is 5.69 Å². The van der Waals surface area contributed by atoms with Crippen LogP contribution in [0.15, 0.2) is 6.07 Å². The third-order valence-electron chi connectivity index (χ3n) is 1.86. The number of nitrogens with zero attached hydrogens (tertiary/aromatic N) is 2. The first kappa shape index (κ1) is 13.6. The molecule has 0 aliphatic rings. The molecule has 0 N–H and O–H groups in total. The van der Waals surface area contributed by atoms with Crippen molar-refractivity contribution < 1.29 is 22.0 Å². The first-order valence-corrected chi connectivity index (χ1v) is 4.70. The molecule has 8 heteroatoms. The molecule has 1 aromatic rings. The number of hydrogen-bond acceptors (Lipinski definition) is 2. The molecule has 0 fully saturated rings. The minimum absolute atomic E-state index is 0.353. The number of halogens is 6. The fraction of sp³-hybridized carbons (Fsp3) is 0.333. The van der Waals surface area contributed by atoms with Gasteiger partial charge in [-0.15, -0.1) is 11.6 Å². The number of nitriles is 1. The quantitative estimate of drug-likeness (QED) is 0.607. The van der Waals surface area contributed by atoms with E-state index in [1.807, 2.05) is 0 Å². The van der Waals surface area contributed by atoms with Crippen molar-refractivity contribution in [3.8, 4) is 6.07 Å². The molecule has 0 spiro atoms. The van der Waals surface area contributed by atoms with Crippen LogP contribution in [0.4, 0.5) is 22.0 Å². The Bertz CT molecular complexity index is 464. The molecule has 2 nitrogen and oxygen atoms in total. The zero-order chi connectivity index (χ0) is 13.2. The van der Waals surface area contributed by atoms with E-state index in [0.717, 1.165) is 6.07 Å².